The van der Waals surface area contributed by atoms with E-state index < -0.39 is 0 Å². The molecule has 1 nitrogen and oxygen atoms in total. The summed E-state index contributed by atoms with van der Waals surface area (Å²) in [6.45, 7) is 2.18. The Balaban J connectivity index is 0.000000980. The van der Waals surface area contributed by atoms with Gasteiger partial charge in [0.15, 0.2) is 0 Å². The van der Waals surface area contributed by atoms with Crippen LogP contribution in [0.25, 0.3) is 0 Å². The predicted molar refractivity (Wildman–Crippen MR) is 60.8 cm³/mol. The third-order valence-corrected chi connectivity index (χ3v) is 3.41. The van der Waals surface area contributed by atoms with Crippen molar-refractivity contribution >= 4 is 24.2 Å². The first kappa shape index (κ1) is 11.8. The predicted octanol–water partition coefficient (Wildman–Crippen LogP) is 2.70. The highest BCUT2D eigenvalue weighted by molar-refractivity contribution is 8.00. The highest BCUT2D eigenvalue weighted by Gasteiger charge is 2.15. The summed E-state index contributed by atoms with van der Waals surface area (Å²) in [5.41, 5.74) is 0. The van der Waals surface area contributed by atoms with Gasteiger partial charge in [-0.25, -0.2) is 4.39 Å². The minimum atomic E-state index is -0.158. The Kier molecular flexibility index (Phi) is 4.72. The van der Waals surface area contributed by atoms with Crippen LogP contribution in [0.15, 0.2) is 29.2 Å². The number of rotatable bonds is 2. The van der Waals surface area contributed by atoms with Crippen LogP contribution in [0, 0.1) is 5.82 Å². The lowest BCUT2D eigenvalue weighted by Gasteiger charge is -2.06. The first-order chi connectivity index (χ1) is 6.34. The molecule has 1 aromatic rings. The Bertz CT molecular complexity index is 272. The maximum Gasteiger partial charge on any atom is 0.123 e. The first-order valence-electron chi connectivity index (χ1n) is 4.47. The van der Waals surface area contributed by atoms with E-state index in [1.54, 1.807) is 0 Å². The summed E-state index contributed by atoms with van der Waals surface area (Å²) in [4.78, 5) is 1.16. The summed E-state index contributed by atoms with van der Waals surface area (Å²) < 4.78 is 12.6. The monoisotopic (exact) mass is 233 g/mol. The van der Waals surface area contributed by atoms with Crippen molar-refractivity contribution in [3.8, 4) is 0 Å². The van der Waals surface area contributed by atoms with E-state index in [-0.39, 0.29) is 18.2 Å². The molecule has 78 valence electrons. The summed E-state index contributed by atoms with van der Waals surface area (Å²) in [6.07, 6.45) is 1.21. The van der Waals surface area contributed by atoms with Crippen molar-refractivity contribution in [1.29, 1.82) is 0 Å². The lowest BCUT2D eigenvalue weighted by molar-refractivity contribution is 0.626. The average molecular weight is 234 g/mol. The molecule has 0 radical (unpaired) electrons. The Labute approximate surface area is 93.9 Å². The van der Waals surface area contributed by atoms with Crippen LogP contribution < -0.4 is 5.32 Å². The molecule has 14 heavy (non-hydrogen) atoms. The number of halogens is 2. The van der Waals surface area contributed by atoms with Gasteiger partial charge < -0.3 is 5.32 Å². The smallest absolute Gasteiger partial charge is 0.123 e. The fourth-order valence-corrected chi connectivity index (χ4v) is 2.55. The van der Waals surface area contributed by atoms with Gasteiger partial charge in [0.1, 0.15) is 5.82 Å². The van der Waals surface area contributed by atoms with E-state index in [1.165, 1.54) is 18.6 Å². The van der Waals surface area contributed by atoms with Crippen LogP contribution in [0.1, 0.15) is 6.42 Å². The highest BCUT2D eigenvalue weighted by Crippen LogP contribution is 2.26. The van der Waals surface area contributed by atoms with Crippen molar-refractivity contribution < 1.29 is 4.39 Å². The molecule has 0 amide bonds. The average Bonchev–Trinajstić information content (AvgIpc) is 2.62. The third kappa shape index (κ3) is 3.15. The molecule has 1 fully saturated rings. The van der Waals surface area contributed by atoms with Crippen LogP contribution in [-0.2, 0) is 0 Å². The quantitative estimate of drug-likeness (QED) is 0.843. The van der Waals surface area contributed by atoms with Gasteiger partial charge in [-0.3, -0.25) is 0 Å². The summed E-state index contributed by atoms with van der Waals surface area (Å²) in [6, 6.07) is 6.73. The van der Waals surface area contributed by atoms with Gasteiger partial charge in [-0.15, -0.1) is 24.2 Å². The van der Waals surface area contributed by atoms with Crippen LogP contribution in [0.4, 0.5) is 4.39 Å². The minimum absolute atomic E-state index is 0. The second-order valence-electron chi connectivity index (χ2n) is 3.19. The number of nitrogens with one attached hydrogen (secondary N) is 1. The van der Waals surface area contributed by atoms with Crippen molar-refractivity contribution in [3.63, 3.8) is 0 Å². The first-order valence-corrected chi connectivity index (χ1v) is 5.35. The molecule has 1 N–H and O–H groups in total. The standard InChI is InChI=1S/C10H12FNS.ClH/c11-8-1-3-9(4-2-8)13-10-5-6-12-7-10;/h1-4,10,12H,5-7H2;1H/t10-;/m0./s1. The van der Waals surface area contributed by atoms with E-state index in [0.717, 1.165) is 18.0 Å². The summed E-state index contributed by atoms with van der Waals surface area (Å²) in [5, 5.41) is 3.97. The molecule has 1 heterocycles. The summed E-state index contributed by atoms with van der Waals surface area (Å²) >= 11 is 1.83. The second-order valence-corrected chi connectivity index (χ2v) is 4.56. The molecule has 1 atom stereocenters. The van der Waals surface area contributed by atoms with Crippen molar-refractivity contribution in [2.45, 2.75) is 16.6 Å². The molecule has 4 heteroatoms. The SMILES string of the molecule is Cl.Fc1ccc(S[C@H]2CCNC2)cc1. The molecule has 1 saturated heterocycles. The molecular weight excluding hydrogens is 221 g/mol. The molecule has 1 aromatic carbocycles. The maximum atomic E-state index is 12.6. The van der Waals surface area contributed by atoms with E-state index in [4.69, 9.17) is 0 Å². The molecule has 1 aliphatic rings. The molecule has 0 spiro atoms. The van der Waals surface area contributed by atoms with Gasteiger partial charge in [0, 0.05) is 16.7 Å². The number of hydrogen-bond acceptors (Lipinski definition) is 2. The van der Waals surface area contributed by atoms with Crippen molar-refractivity contribution in [3.05, 3.63) is 30.1 Å². The molecule has 1 aliphatic heterocycles. The van der Waals surface area contributed by atoms with Gasteiger partial charge in [-0.2, -0.15) is 0 Å². The largest absolute Gasteiger partial charge is 0.316 e. The summed E-state index contributed by atoms with van der Waals surface area (Å²) in [5.74, 6) is -0.158. The van der Waals surface area contributed by atoms with Crippen LogP contribution in [0.5, 0.6) is 0 Å². The Morgan fingerprint density at radius 3 is 2.57 bits per heavy atom. The van der Waals surface area contributed by atoms with Gasteiger partial charge in [-0.1, -0.05) is 0 Å². The van der Waals surface area contributed by atoms with Crippen LogP contribution >= 0.6 is 24.2 Å². The number of benzene rings is 1. The molecule has 2 rings (SSSR count). The van der Waals surface area contributed by atoms with Gasteiger partial charge in [0.25, 0.3) is 0 Å². The highest BCUT2D eigenvalue weighted by atomic mass is 35.5. The maximum absolute atomic E-state index is 12.6. The van der Waals surface area contributed by atoms with Gasteiger partial charge in [0.2, 0.25) is 0 Å². The van der Waals surface area contributed by atoms with Gasteiger partial charge >= 0.3 is 0 Å². The normalized spacial score (nSPS) is 20.5. The second kappa shape index (κ2) is 5.59. The number of hydrogen-bond donors (Lipinski definition) is 1. The zero-order valence-electron chi connectivity index (χ0n) is 7.70. The van der Waals surface area contributed by atoms with Gasteiger partial charge in [-0.05, 0) is 37.2 Å². The van der Waals surface area contributed by atoms with Gasteiger partial charge in [0.05, 0.1) is 0 Å². The third-order valence-electron chi connectivity index (χ3n) is 2.13. The fourth-order valence-electron chi connectivity index (χ4n) is 1.43. The van der Waals surface area contributed by atoms with E-state index in [2.05, 4.69) is 5.32 Å². The zero-order valence-corrected chi connectivity index (χ0v) is 9.34. The summed E-state index contributed by atoms with van der Waals surface area (Å²) in [7, 11) is 0. The Hall–Kier alpha value is -0.250. The van der Waals surface area contributed by atoms with Crippen molar-refractivity contribution in [2.24, 2.45) is 0 Å². The van der Waals surface area contributed by atoms with E-state index in [1.807, 2.05) is 23.9 Å². The lowest BCUT2D eigenvalue weighted by atomic mass is 10.3. The number of thioether (sulfide) groups is 1. The zero-order chi connectivity index (χ0) is 9.10. The Morgan fingerprint density at radius 2 is 2.00 bits per heavy atom. The fraction of sp³-hybridized carbons (Fsp3) is 0.400. The topological polar surface area (TPSA) is 12.0 Å². The lowest BCUT2D eigenvalue weighted by Crippen LogP contribution is -2.09. The van der Waals surface area contributed by atoms with E-state index in [9.17, 15) is 4.39 Å². The molecule has 0 saturated carbocycles. The molecule has 0 unspecified atom stereocenters. The minimum Gasteiger partial charge on any atom is -0.316 e. The van der Waals surface area contributed by atoms with Crippen molar-refractivity contribution in [2.75, 3.05) is 13.1 Å². The van der Waals surface area contributed by atoms with Crippen molar-refractivity contribution in [1.82, 2.24) is 5.32 Å². The molecular formula is C10H13ClFNS. The van der Waals surface area contributed by atoms with E-state index >= 15 is 0 Å². The Morgan fingerprint density at radius 1 is 1.29 bits per heavy atom. The van der Waals surface area contributed by atoms with Crippen LogP contribution in [-0.4, -0.2) is 18.3 Å². The molecule has 0 aromatic heterocycles. The van der Waals surface area contributed by atoms with Crippen LogP contribution in [0.3, 0.4) is 0 Å². The van der Waals surface area contributed by atoms with Crippen LogP contribution in [0.2, 0.25) is 0 Å². The molecule has 0 aliphatic carbocycles. The van der Waals surface area contributed by atoms with E-state index in [0.29, 0.717) is 5.25 Å². The molecule has 0 bridgehead atoms.